The Labute approximate surface area is 308 Å². The lowest BCUT2D eigenvalue weighted by Gasteiger charge is -2.20. The summed E-state index contributed by atoms with van der Waals surface area (Å²) in [6.07, 6.45) is 11.9. The highest BCUT2D eigenvalue weighted by atomic mass is 16.5. The van der Waals surface area contributed by atoms with Crippen molar-refractivity contribution < 1.29 is 18.9 Å². The van der Waals surface area contributed by atoms with Crippen LogP contribution in [0.15, 0.2) is 140 Å². The number of nitrogens with zero attached hydrogens (tertiary/aromatic N) is 4. The van der Waals surface area contributed by atoms with Crippen LogP contribution in [0.2, 0.25) is 0 Å². The summed E-state index contributed by atoms with van der Waals surface area (Å²) in [5, 5.41) is 6.73. The normalized spacial score (nSPS) is 16.6. The highest BCUT2D eigenvalue weighted by molar-refractivity contribution is 5.69. The highest BCUT2D eigenvalue weighted by Gasteiger charge is 2.19. The monoisotopic (exact) mass is 702 g/mol. The van der Waals surface area contributed by atoms with Gasteiger partial charge in [-0.1, -0.05) is 60.7 Å². The number of nitrogens with one attached hydrogen (secondary N) is 2. The van der Waals surface area contributed by atoms with Crippen molar-refractivity contribution in [3.8, 4) is 34.0 Å². The van der Waals surface area contributed by atoms with E-state index in [4.69, 9.17) is 28.9 Å². The first-order valence-electron chi connectivity index (χ1n) is 17.6. The van der Waals surface area contributed by atoms with Crippen LogP contribution in [0, 0.1) is 0 Å². The van der Waals surface area contributed by atoms with Crippen LogP contribution < -0.4 is 20.1 Å². The van der Waals surface area contributed by atoms with E-state index < -0.39 is 6.10 Å². The van der Waals surface area contributed by atoms with Gasteiger partial charge in [-0.2, -0.15) is 0 Å². The van der Waals surface area contributed by atoms with Crippen molar-refractivity contribution in [2.24, 2.45) is 0 Å². The lowest BCUT2D eigenvalue weighted by molar-refractivity contribution is 0.0719. The molecule has 0 radical (unpaired) electrons. The van der Waals surface area contributed by atoms with Gasteiger partial charge in [-0.25, -0.2) is 19.9 Å². The number of ether oxygens (including phenoxy) is 4. The van der Waals surface area contributed by atoms with Crippen LogP contribution in [0.25, 0.3) is 22.5 Å². The standard InChI is InChI=1S/C43H38N6O4/c1-2-22-51-35-13-7-10-32(26-35)39-17-19-44-42(48-39)46-34-12-6-9-31(25-34)29-53-41(14-1)37-16-15-36-27-38(37)40-18-20-45-43(49-40)47-33-11-5-8-30(24-33)28-50-21-3-4-23-52-36/h1,3-20,24-27,41H,2,21-23,28-29H2,(H,44,46,48)(H,45,47,49)/b4-3+,14-1?. The van der Waals surface area contributed by atoms with Crippen LogP contribution in [0.4, 0.5) is 23.3 Å². The molecule has 2 aromatic heterocycles. The first kappa shape index (κ1) is 33.8. The van der Waals surface area contributed by atoms with Crippen molar-refractivity contribution in [2.75, 3.05) is 30.5 Å². The summed E-state index contributed by atoms with van der Waals surface area (Å²) in [6.45, 7) is 2.22. The zero-order valence-electron chi connectivity index (χ0n) is 29.0. The molecule has 4 heterocycles. The van der Waals surface area contributed by atoms with Gasteiger partial charge in [0.15, 0.2) is 0 Å². The van der Waals surface area contributed by atoms with Crippen LogP contribution in [-0.4, -0.2) is 39.8 Å². The number of aromatic nitrogens is 4. The van der Waals surface area contributed by atoms with Crippen molar-refractivity contribution in [2.45, 2.75) is 25.7 Å². The third kappa shape index (κ3) is 8.75. The summed E-state index contributed by atoms with van der Waals surface area (Å²) >= 11 is 0. The first-order valence-corrected chi connectivity index (χ1v) is 17.6. The lowest BCUT2D eigenvalue weighted by Crippen LogP contribution is -2.07. The van der Waals surface area contributed by atoms with E-state index in [1.807, 2.05) is 103 Å². The molecular weight excluding hydrogens is 665 g/mol. The van der Waals surface area contributed by atoms with E-state index in [0.29, 0.717) is 57.1 Å². The van der Waals surface area contributed by atoms with Crippen molar-refractivity contribution in [3.05, 3.63) is 157 Å². The number of hydrogen-bond acceptors (Lipinski definition) is 10. The van der Waals surface area contributed by atoms with Gasteiger partial charge in [0.05, 0.1) is 37.8 Å². The van der Waals surface area contributed by atoms with Gasteiger partial charge in [-0.3, -0.25) is 0 Å². The number of hydrogen-bond donors (Lipinski definition) is 2. The largest absolute Gasteiger partial charge is 0.493 e. The van der Waals surface area contributed by atoms with Crippen LogP contribution in [0.5, 0.6) is 11.5 Å². The molecule has 8 rings (SSSR count). The average molecular weight is 703 g/mol. The molecule has 0 amide bonds. The van der Waals surface area contributed by atoms with Crippen LogP contribution in [0.1, 0.15) is 29.2 Å². The fraction of sp³-hybridized carbons (Fsp3) is 0.163. The van der Waals surface area contributed by atoms with Gasteiger partial charge in [-0.05, 0) is 89.9 Å². The summed E-state index contributed by atoms with van der Waals surface area (Å²) in [4.78, 5) is 18.7. The Morgan fingerprint density at radius 1 is 0.604 bits per heavy atom. The van der Waals surface area contributed by atoms with Crippen molar-refractivity contribution in [1.29, 1.82) is 0 Å². The molecule has 1 atom stereocenters. The third-order valence-electron chi connectivity index (χ3n) is 8.70. The predicted octanol–water partition coefficient (Wildman–Crippen LogP) is 9.15. The minimum Gasteiger partial charge on any atom is -0.493 e. The summed E-state index contributed by atoms with van der Waals surface area (Å²) in [6, 6.07) is 33.9. The minimum atomic E-state index is -0.424. The van der Waals surface area contributed by atoms with E-state index in [2.05, 4.69) is 44.9 Å². The average Bonchev–Trinajstić information content (AvgIpc) is 3.19. The maximum atomic E-state index is 6.74. The molecule has 0 spiro atoms. The second-order valence-electron chi connectivity index (χ2n) is 12.6. The Morgan fingerprint density at radius 2 is 1.32 bits per heavy atom. The van der Waals surface area contributed by atoms with Gasteiger partial charge in [0.25, 0.3) is 0 Å². The molecule has 2 aliphatic rings. The quantitative estimate of drug-likeness (QED) is 0.161. The molecule has 1 unspecified atom stereocenters. The molecule has 6 aromatic rings. The maximum absolute atomic E-state index is 6.74. The minimum absolute atomic E-state index is 0.351. The van der Waals surface area contributed by atoms with Gasteiger partial charge in [-0.15, -0.1) is 0 Å². The second-order valence-corrected chi connectivity index (χ2v) is 12.6. The van der Waals surface area contributed by atoms with Crippen LogP contribution in [0.3, 0.4) is 0 Å². The van der Waals surface area contributed by atoms with E-state index >= 15 is 0 Å². The molecule has 53 heavy (non-hydrogen) atoms. The van der Waals surface area contributed by atoms with Gasteiger partial charge in [0.2, 0.25) is 11.9 Å². The number of rotatable bonds is 1. The zero-order valence-corrected chi connectivity index (χ0v) is 29.0. The molecular formula is C43H38N6O4. The smallest absolute Gasteiger partial charge is 0.227 e. The Bertz CT molecular complexity index is 2260. The molecule has 4 aromatic carbocycles. The van der Waals surface area contributed by atoms with E-state index in [0.717, 1.165) is 56.3 Å². The molecule has 264 valence electrons. The molecule has 10 heteroatoms. The molecule has 0 fully saturated rings. The topological polar surface area (TPSA) is 113 Å². The summed E-state index contributed by atoms with van der Waals surface area (Å²) in [7, 11) is 0. The maximum Gasteiger partial charge on any atom is 0.227 e. The Kier molecular flexibility index (Phi) is 10.4. The fourth-order valence-electron chi connectivity index (χ4n) is 6.15. The number of benzene rings is 4. The summed E-state index contributed by atoms with van der Waals surface area (Å²) in [5.74, 6) is 2.46. The van der Waals surface area contributed by atoms with Crippen molar-refractivity contribution >= 4 is 23.3 Å². The third-order valence-corrected chi connectivity index (χ3v) is 8.70. The molecule has 2 N–H and O–H groups in total. The number of anilines is 4. The van der Waals surface area contributed by atoms with Crippen LogP contribution >= 0.6 is 0 Å². The van der Waals surface area contributed by atoms with Gasteiger partial charge < -0.3 is 29.6 Å². The molecule has 10 nitrogen and oxygen atoms in total. The predicted molar refractivity (Wildman–Crippen MR) is 205 cm³/mol. The molecule has 0 saturated heterocycles. The Balaban J connectivity index is 1.15. The van der Waals surface area contributed by atoms with Crippen molar-refractivity contribution in [1.82, 2.24) is 19.9 Å². The zero-order chi connectivity index (χ0) is 35.7. The highest BCUT2D eigenvalue weighted by Crippen LogP contribution is 2.35. The molecule has 2 aliphatic heterocycles. The van der Waals surface area contributed by atoms with E-state index in [9.17, 15) is 0 Å². The van der Waals surface area contributed by atoms with E-state index in [-0.39, 0.29) is 0 Å². The summed E-state index contributed by atoms with van der Waals surface area (Å²) < 4.78 is 24.9. The Morgan fingerprint density at radius 3 is 2.15 bits per heavy atom. The van der Waals surface area contributed by atoms with Gasteiger partial charge in [0.1, 0.15) is 24.2 Å². The van der Waals surface area contributed by atoms with Gasteiger partial charge in [0, 0.05) is 34.9 Å². The molecule has 12 bridgehead atoms. The lowest BCUT2D eigenvalue weighted by atomic mass is 9.98. The number of fused-ring (bicyclic) bond motifs is 14. The van der Waals surface area contributed by atoms with Crippen molar-refractivity contribution in [3.63, 3.8) is 0 Å². The van der Waals surface area contributed by atoms with E-state index in [1.165, 1.54) is 0 Å². The molecule has 0 aliphatic carbocycles. The SMILES string of the molecule is C1=CC(c2ccc3cc2-c2ccnc(n2)Nc2cccc(c2)COC/C=C/CO3)OCc2cccc(c2)Nc2nccc(n2)-c2cccc(c2)OCC1. The van der Waals surface area contributed by atoms with Gasteiger partial charge >= 0.3 is 0 Å². The first-order chi connectivity index (χ1) is 26.2. The summed E-state index contributed by atoms with van der Waals surface area (Å²) in [5.41, 5.74) is 8.07. The second kappa shape index (κ2) is 16.3. The molecule has 0 saturated carbocycles. The van der Waals surface area contributed by atoms with E-state index in [1.54, 1.807) is 12.4 Å². The Hall–Kier alpha value is -6.36. The van der Waals surface area contributed by atoms with Crippen LogP contribution in [-0.2, 0) is 22.7 Å². The fourth-order valence-corrected chi connectivity index (χ4v) is 6.15.